The van der Waals surface area contributed by atoms with Gasteiger partial charge in [-0.2, -0.15) is 0 Å². The summed E-state index contributed by atoms with van der Waals surface area (Å²) in [6, 6.07) is 10.9. The first-order valence-corrected chi connectivity index (χ1v) is 8.53. The molecule has 120 valence electrons. The molecule has 1 aliphatic heterocycles. The van der Waals surface area contributed by atoms with Crippen LogP contribution in [-0.4, -0.2) is 23.5 Å². The van der Waals surface area contributed by atoms with E-state index in [0.29, 0.717) is 17.5 Å². The van der Waals surface area contributed by atoms with Crippen LogP contribution in [0, 0.1) is 6.92 Å². The Bertz CT molecular complexity index is 730. The minimum atomic E-state index is -0.461. The van der Waals surface area contributed by atoms with Crippen molar-refractivity contribution in [1.82, 2.24) is 4.98 Å². The van der Waals surface area contributed by atoms with Crippen molar-refractivity contribution >= 4 is 27.7 Å². The average molecular weight is 374 g/mol. The summed E-state index contributed by atoms with van der Waals surface area (Å²) >= 11 is 3.53. The molecule has 2 heterocycles. The molecule has 2 aromatic rings. The molecule has 0 aliphatic carbocycles. The van der Waals surface area contributed by atoms with Crippen molar-refractivity contribution in [3.05, 3.63) is 57.7 Å². The number of nitrogens with zero attached hydrogens (tertiary/aromatic N) is 2. The van der Waals surface area contributed by atoms with Gasteiger partial charge >= 0.3 is 0 Å². The second-order valence-electron chi connectivity index (χ2n) is 6.24. The van der Waals surface area contributed by atoms with Gasteiger partial charge in [0.15, 0.2) is 0 Å². The van der Waals surface area contributed by atoms with E-state index in [2.05, 4.69) is 63.9 Å². The number of aromatic nitrogens is 1. The standard InChI is InChI=1S/C18H20BrN3O/c1-11-3-5-13(6-4-11)15-7-12(2)22(10-15)18-16(19)8-14(9-21-18)17(20)23/h3-6,8-9,12,15H,7,10H2,1-2H3,(H2,20,23). The van der Waals surface area contributed by atoms with Crippen LogP contribution in [0.25, 0.3) is 0 Å². The Morgan fingerprint density at radius 1 is 1.35 bits per heavy atom. The molecule has 0 radical (unpaired) electrons. The number of pyridine rings is 1. The lowest BCUT2D eigenvalue weighted by Gasteiger charge is -2.24. The monoisotopic (exact) mass is 373 g/mol. The number of hydrogen-bond acceptors (Lipinski definition) is 3. The van der Waals surface area contributed by atoms with Crippen LogP contribution >= 0.6 is 15.9 Å². The fraction of sp³-hybridized carbons (Fsp3) is 0.333. The first-order valence-electron chi connectivity index (χ1n) is 7.74. The third-order valence-corrected chi connectivity index (χ3v) is 5.09. The number of amides is 1. The van der Waals surface area contributed by atoms with Gasteiger partial charge in [0.1, 0.15) is 5.82 Å². The van der Waals surface area contributed by atoms with Crippen LogP contribution in [0.15, 0.2) is 41.0 Å². The van der Waals surface area contributed by atoms with Crippen molar-refractivity contribution < 1.29 is 4.79 Å². The Balaban J connectivity index is 1.84. The minimum Gasteiger partial charge on any atom is -0.366 e. The summed E-state index contributed by atoms with van der Waals surface area (Å²) in [5.41, 5.74) is 8.38. The molecule has 1 amide bonds. The van der Waals surface area contributed by atoms with E-state index in [1.54, 1.807) is 12.3 Å². The van der Waals surface area contributed by atoms with Gasteiger partial charge in [-0.3, -0.25) is 4.79 Å². The van der Waals surface area contributed by atoms with E-state index in [4.69, 9.17) is 5.73 Å². The largest absolute Gasteiger partial charge is 0.366 e. The van der Waals surface area contributed by atoms with E-state index in [-0.39, 0.29) is 0 Å². The van der Waals surface area contributed by atoms with Gasteiger partial charge in [0.2, 0.25) is 5.91 Å². The normalized spacial score (nSPS) is 20.7. The first-order chi connectivity index (χ1) is 11.0. The molecule has 1 fully saturated rings. The number of rotatable bonds is 3. The maximum absolute atomic E-state index is 11.3. The van der Waals surface area contributed by atoms with E-state index < -0.39 is 5.91 Å². The van der Waals surface area contributed by atoms with E-state index in [9.17, 15) is 4.79 Å². The number of primary amides is 1. The number of aryl methyl sites for hydroxylation is 1. The molecule has 3 rings (SSSR count). The third-order valence-electron chi connectivity index (χ3n) is 4.50. The van der Waals surface area contributed by atoms with Crippen LogP contribution in [-0.2, 0) is 0 Å². The topological polar surface area (TPSA) is 59.2 Å². The lowest BCUT2D eigenvalue weighted by atomic mass is 9.96. The van der Waals surface area contributed by atoms with Crippen molar-refractivity contribution in [3.8, 4) is 0 Å². The van der Waals surface area contributed by atoms with Gasteiger partial charge in [0, 0.05) is 24.7 Å². The van der Waals surface area contributed by atoms with Crippen molar-refractivity contribution in [2.75, 3.05) is 11.4 Å². The van der Waals surface area contributed by atoms with Crippen LogP contribution in [0.5, 0.6) is 0 Å². The zero-order valence-corrected chi connectivity index (χ0v) is 14.9. The van der Waals surface area contributed by atoms with Crippen molar-refractivity contribution in [2.24, 2.45) is 5.73 Å². The highest BCUT2D eigenvalue weighted by Gasteiger charge is 2.32. The van der Waals surface area contributed by atoms with Gasteiger partial charge in [-0.15, -0.1) is 0 Å². The highest BCUT2D eigenvalue weighted by Crippen LogP contribution is 2.37. The van der Waals surface area contributed by atoms with Crippen molar-refractivity contribution in [3.63, 3.8) is 0 Å². The number of carbonyl (C=O) groups is 1. The summed E-state index contributed by atoms with van der Waals surface area (Å²) in [7, 11) is 0. The molecule has 4 nitrogen and oxygen atoms in total. The lowest BCUT2D eigenvalue weighted by Crippen LogP contribution is -2.28. The van der Waals surface area contributed by atoms with Crippen LogP contribution in [0.4, 0.5) is 5.82 Å². The van der Waals surface area contributed by atoms with Crippen LogP contribution < -0.4 is 10.6 Å². The second kappa shape index (κ2) is 6.32. The van der Waals surface area contributed by atoms with Crippen LogP contribution in [0.3, 0.4) is 0 Å². The fourth-order valence-corrected chi connectivity index (χ4v) is 3.76. The van der Waals surface area contributed by atoms with Crippen LogP contribution in [0.1, 0.15) is 40.7 Å². The maximum Gasteiger partial charge on any atom is 0.250 e. The Morgan fingerprint density at radius 2 is 2.04 bits per heavy atom. The van der Waals surface area contributed by atoms with Gasteiger partial charge in [-0.25, -0.2) is 4.98 Å². The maximum atomic E-state index is 11.3. The minimum absolute atomic E-state index is 0.393. The summed E-state index contributed by atoms with van der Waals surface area (Å²) in [4.78, 5) is 18.0. The Morgan fingerprint density at radius 3 is 2.65 bits per heavy atom. The number of halogens is 1. The summed E-state index contributed by atoms with van der Waals surface area (Å²) in [5, 5.41) is 0. The highest BCUT2D eigenvalue weighted by atomic mass is 79.9. The van der Waals surface area contributed by atoms with Gasteiger partial charge in [-0.1, -0.05) is 29.8 Å². The highest BCUT2D eigenvalue weighted by molar-refractivity contribution is 9.10. The molecule has 2 N–H and O–H groups in total. The van der Waals surface area contributed by atoms with Gasteiger partial charge in [-0.05, 0) is 47.8 Å². The van der Waals surface area contributed by atoms with Crippen molar-refractivity contribution in [1.29, 1.82) is 0 Å². The Hall–Kier alpha value is -1.88. The molecule has 2 unspecified atom stereocenters. The third kappa shape index (κ3) is 3.24. The van der Waals surface area contributed by atoms with E-state index in [1.807, 2.05) is 0 Å². The molecule has 5 heteroatoms. The van der Waals surface area contributed by atoms with E-state index in [1.165, 1.54) is 11.1 Å². The first kappa shape index (κ1) is 16.0. The fourth-order valence-electron chi connectivity index (χ4n) is 3.18. The molecule has 1 aromatic carbocycles. The Labute approximate surface area is 144 Å². The summed E-state index contributed by atoms with van der Waals surface area (Å²) in [6.45, 7) is 5.24. The molecular weight excluding hydrogens is 354 g/mol. The van der Waals surface area contributed by atoms with Gasteiger partial charge < -0.3 is 10.6 Å². The predicted octanol–water partition coefficient (Wildman–Crippen LogP) is 3.63. The summed E-state index contributed by atoms with van der Waals surface area (Å²) in [5.74, 6) is 0.906. The van der Waals surface area contributed by atoms with Crippen LogP contribution in [0.2, 0.25) is 0 Å². The number of carbonyl (C=O) groups excluding carboxylic acids is 1. The molecule has 23 heavy (non-hydrogen) atoms. The predicted molar refractivity (Wildman–Crippen MR) is 95.8 cm³/mol. The molecule has 0 spiro atoms. The summed E-state index contributed by atoms with van der Waals surface area (Å²) < 4.78 is 0.810. The lowest BCUT2D eigenvalue weighted by molar-refractivity contribution is 0.1000. The molecule has 0 bridgehead atoms. The van der Waals surface area contributed by atoms with E-state index in [0.717, 1.165) is 23.3 Å². The van der Waals surface area contributed by atoms with Gasteiger partial charge in [0.05, 0.1) is 10.0 Å². The average Bonchev–Trinajstić information content (AvgIpc) is 2.89. The molecule has 2 atom stereocenters. The quantitative estimate of drug-likeness (QED) is 0.893. The van der Waals surface area contributed by atoms with Gasteiger partial charge in [0.25, 0.3) is 0 Å². The SMILES string of the molecule is Cc1ccc(C2CC(C)N(c3ncc(C(N)=O)cc3Br)C2)cc1. The molecular formula is C18H20BrN3O. The second-order valence-corrected chi connectivity index (χ2v) is 7.09. The molecule has 1 aliphatic rings. The Kier molecular flexibility index (Phi) is 4.39. The molecule has 1 saturated heterocycles. The zero-order valence-electron chi connectivity index (χ0n) is 13.3. The molecule has 0 saturated carbocycles. The smallest absolute Gasteiger partial charge is 0.250 e. The summed E-state index contributed by atoms with van der Waals surface area (Å²) in [6.07, 6.45) is 2.64. The molecule has 1 aromatic heterocycles. The zero-order chi connectivity index (χ0) is 16.6. The number of benzene rings is 1. The number of hydrogen-bond donors (Lipinski definition) is 1. The van der Waals surface area contributed by atoms with E-state index >= 15 is 0 Å². The number of anilines is 1. The number of nitrogens with two attached hydrogens (primary N) is 1. The van der Waals surface area contributed by atoms with Crippen molar-refractivity contribution in [2.45, 2.75) is 32.2 Å².